The summed E-state index contributed by atoms with van der Waals surface area (Å²) in [6.45, 7) is 3.13. The van der Waals surface area contributed by atoms with Crippen LogP contribution in [0.4, 0.5) is 10.1 Å². The summed E-state index contributed by atoms with van der Waals surface area (Å²) >= 11 is 0. The van der Waals surface area contributed by atoms with Crippen LogP contribution in [0.1, 0.15) is 31.4 Å². The second kappa shape index (κ2) is 15.3. The molecule has 10 heteroatoms. The summed E-state index contributed by atoms with van der Waals surface area (Å²) in [6.07, 6.45) is 0.850. The fraction of sp³-hybridized carbons (Fsp3) is 0.257. The minimum atomic E-state index is -4.27. The maximum Gasteiger partial charge on any atom is 0.264 e. The van der Waals surface area contributed by atoms with Crippen molar-refractivity contribution in [1.29, 1.82) is 0 Å². The maximum absolute atomic E-state index is 14.5. The smallest absolute Gasteiger partial charge is 0.264 e. The van der Waals surface area contributed by atoms with Crippen molar-refractivity contribution in [3.05, 3.63) is 126 Å². The second-order valence-electron chi connectivity index (χ2n) is 10.7. The molecule has 0 aliphatic carbocycles. The summed E-state index contributed by atoms with van der Waals surface area (Å²) in [5, 5.41) is 2.99. The molecule has 8 nitrogen and oxygen atoms in total. The molecule has 4 rings (SSSR count). The molecule has 0 bridgehead atoms. The number of carbonyl (C=O) groups excluding carboxylic acids is 2. The van der Waals surface area contributed by atoms with Crippen molar-refractivity contribution < 1.29 is 27.1 Å². The van der Waals surface area contributed by atoms with Gasteiger partial charge in [0.05, 0.1) is 17.7 Å². The SMILES string of the molecule is CC[C@H](C)NC(=O)[C@H](Cc1ccccc1)N(Cc1ccc(F)cc1)C(=O)CN(c1ccccc1OC)S(=O)(=O)c1ccccc1. The van der Waals surface area contributed by atoms with E-state index in [-0.39, 0.29) is 41.2 Å². The highest BCUT2D eigenvalue weighted by atomic mass is 32.2. The van der Waals surface area contributed by atoms with Gasteiger partial charge in [-0.25, -0.2) is 12.8 Å². The Morgan fingerprint density at radius 2 is 1.44 bits per heavy atom. The van der Waals surface area contributed by atoms with Crippen molar-refractivity contribution in [3.63, 3.8) is 0 Å². The van der Waals surface area contributed by atoms with Gasteiger partial charge in [0, 0.05) is 19.0 Å². The molecule has 4 aromatic rings. The number of benzene rings is 4. The topological polar surface area (TPSA) is 96.0 Å². The number of hydrogen-bond donors (Lipinski definition) is 1. The van der Waals surface area contributed by atoms with Gasteiger partial charge in [-0.3, -0.25) is 13.9 Å². The number of methoxy groups -OCH3 is 1. The molecule has 0 aromatic heterocycles. The second-order valence-corrected chi connectivity index (χ2v) is 12.5. The van der Waals surface area contributed by atoms with Crippen LogP contribution in [-0.4, -0.2) is 50.9 Å². The molecular formula is C35H38FN3O5S. The highest BCUT2D eigenvalue weighted by Crippen LogP contribution is 2.32. The van der Waals surface area contributed by atoms with Gasteiger partial charge in [0.2, 0.25) is 11.8 Å². The summed E-state index contributed by atoms with van der Waals surface area (Å²) in [4.78, 5) is 29.7. The van der Waals surface area contributed by atoms with Gasteiger partial charge in [-0.1, -0.05) is 79.7 Å². The summed E-state index contributed by atoms with van der Waals surface area (Å²) < 4.78 is 48.6. The fourth-order valence-electron chi connectivity index (χ4n) is 4.85. The molecule has 0 spiro atoms. The van der Waals surface area contributed by atoms with E-state index in [1.165, 1.54) is 36.3 Å². The van der Waals surface area contributed by atoms with Gasteiger partial charge in [0.25, 0.3) is 10.0 Å². The first-order valence-electron chi connectivity index (χ1n) is 14.7. The highest BCUT2D eigenvalue weighted by molar-refractivity contribution is 7.92. The van der Waals surface area contributed by atoms with Crippen molar-refractivity contribution in [1.82, 2.24) is 10.2 Å². The number of nitrogens with one attached hydrogen (secondary N) is 1. The first-order valence-corrected chi connectivity index (χ1v) is 16.2. The van der Waals surface area contributed by atoms with E-state index in [9.17, 15) is 22.4 Å². The van der Waals surface area contributed by atoms with E-state index in [1.54, 1.807) is 54.6 Å². The Morgan fingerprint density at radius 1 is 0.844 bits per heavy atom. The predicted molar refractivity (Wildman–Crippen MR) is 173 cm³/mol. The highest BCUT2D eigenvalue weighted by Gasteiger charge is 2.35. The number of halogens is 1. The molecule has 0 unspecified atom stereocenters. The molecule has 0 radical (unpaired) electrons. The first-order chi connectivity index (χ1) is 21.6. The minimum Gasteiger partial charge on any atom is -0.495 e. The van der Waals surface area contributed by atoms with Crippen LogP contribution in [0.5, 0.6) is 5.75 Å². The Morgan fingerprint density at radius 3 is 2.07 bits per heavy atom. The Bertz CT molecular complexity index is 1670. The quantitative estimate of drug-likeness (QED) is 0.196. The van der Waals surface area contributed by atoms with E-state index in [2.05, 4.69) is 5.32 Å². The Kier molecular flexibility index (Phi) is 11.3. The number of hydrogen-bond acceptors (Lipinski definition) is 5. The monoisotopic (exact) mass is 631 g/mol. The van der Waals surface area contributed by atoms with Crippen LogP contribution in [0.25, 0.3) is 0 Å². The number of para-hydroxylation sites is 2. The molecule has 0 saturated carbocycles. The molecule has 0 saturated heterocycles. The molecule has 1 N–H and O–H groups in total. The first kappa shape index (κ1) is 33.2. The van der Waals surface area contributed by atoms with Crippen LogP contribution in [0, 0.1) is 5.82 Å². The summed E-state index contributed by atoms with van der Waals surface area (Å²) in [6, 6.07) is 28.1. The third-order valence-corrected chi connectivity index (χ3v) is 9.28. The molecule has 0 heterocycles. The number of carbonyl (C=O) groups is 2. The lowest BCUT2D eigenvalue weighted by atomic mass is 10.0. The van der Waals surface area contributed by atoms with E-state index >= 15 is 0 Å². The Balaban J connectivity index is 1.82. The van der Waals surface area contributed by atoms with E-state index in [4.69, 9.17) is 4.74 Å². The third kappa shape index (κ3) is 8.48. The standard InChI is InChI=1S/C35H38FN3O5S/c1-4-26(2)37-35(41)32(23-27-13-7-5-8-14-27)38(24-28-19-21-29(36)22-20-28)34(40)25-39(31-17-11-12-18-33(31)44-3)45(42,43)30-15-9-6-10-16-30/h5-22,26,32H,4,23-25H2,1-3H3,(H,37,41)/t26-,32-/m0/s1. The van der Waals surface area contributed by atoms with Crippen molar-refractivity contribution in [2.75, 3.05) is 18.0 Å². The molecule has 0 aliphatic rings. The largest absolute Gasteiger partial charge is 0.495 e. The fourth-order valence-corrected chi connectivity index (χ4v) is 6.30. The van der Waals surface area contributed by atoms with Crippen LogP contribution in [0.2, 0.25) is 0 Å². The molecular weight excluding hydrogens is 593 g/mol. The van der Waals surface area contributed by atoms with Crippen molar-refractivity contribution in [3.8, 4) is 5.75 Å². The lowest BCUT2D eigenvalue weighted by Gasteiger charge is -2.34. The summed E-state index contributed by atoms with van der Waals surface area (Å²) in [5.74, 6) is -1.18. The number of sulfonamides is 1. The van der Waals surface area contributed by atoms with Crippen LogP contribution >= 0.6 is 0 Å². The molecule has 4 aromatic carbocycles. The molecule has 2 atom stereocenters. The van der Waals surface area contributed by atoms with Crippen molar-refractivity contribution in [2.45, 2.75) is 50.2 Å². The van der Waals surface area contributed by atoms with Crippen LogP contribution < -0.4 is 14.4 Å². The van der Waals surface area contributed by atoms with Gasteiger partial charge >= 0.3 is 0 Å². The van der Waals surface area contributed by atoms with Gasteiger partial charge in [-0.2, -0.15) is 0 Å². The molecule has 0 aliphatic heterocycles. The van der Waals surface area contributed by atoms with Gasteiger partial charge in [0.1, 0.15) is 24.2 Å². The zero-order valence-corrected chi connectivity index (χ0v) is 26.4. The number of anilines is 1. The number of nitrogens with zero attached hydrogens (tertiary/aromatic N) is 2. The van der Waals surface area contributed by atoms with Gasteiger partial charge < -0.3 is 15.0 Å². The Hall–Kier alpha value is -4.70. The zero-order valence-electron chi connectivity index (χ0n) is 25.6. The zero-order chi connectivity index (χ0) is 32.4. The van der Waals surface area contributed by atoms with Gasteiger partial charge in [-0.05, 0) is 60.9 Å². The lowest BCUT2D eigenvalue weighted by Crippen LogP contribution is -2.54. The number of amides is 2. The van der Waals surface area contributed by atoms with E-state index in [0.29, 0.717) is 12.0 Å². The average Bonchev–Trinajstić information content (AvgIpc) is 3.06. The van der Waals surface area contributed by atoms with Crippen LogP contribution in [0.3, 0.4) is 0 Å². The maximum atomic E-state index is 14.5. The minimum absolute atomic E-state index is 0.0101. The lowest BCUT2D eigenvalue weighted by molar-refractivity contribution is -0.140. The predicted octanol–water partition coefficient (Wildman–Crippen LogP) is 5.58. The average molecular weight is 632 g/mol. The number of rotatable bonds is 14. The van der Waals surface area contributed by atoms with Gasteiger partial charge in [0.15, 0.2) is 0 Å². The Labute approximate surface area is 264 Å². The third-order valence-electron chi connectivity index (χ3n) is 7.50. The molecule has 0 fully saturated rings. The van der Waals surface area contributed by atoms with Crippen LogP contribution in [-0.2, 0) is 32.6 Å². The van der Waals surface area contributed by atoms with Crippen molar-refractivity contribution in [2.24, 2.45) is 0 Å². The van der Waals surface area contributed by atoms with Crippen LogP contribution in [0.15, 0.2) is 114 Å². The van der Waals surface area contributed by atoms with E-state index < -0.39 is 34.3 Å². The number of ether oxygens (including phenoxy) is 1. The summed E-state index contributed by atoms with van der Waals surface area (Å²) in [5.41, 5.74) is 1.56. The van der Waals surface area contributed by atoms with E-state index in [0.717, 1.165) is 9.87 Å². The molecule has 236 valence electrons. The molecule has 45 heavy (non-hydrogen) atoms. The normalized spacial score (nSPS) is 12.5. The van der Waals surface area contributed by atoms with Gasteiger partial charge in [-0.15, -0.1) is 0 Å². The molecule has 2 amide bonds. The van der Waals surface area contributed by atoms with Crippen molar-refractivity contribution >= 4 is 27.5 Å². The summed E-state index contributed by atoms with van der Waals surface area (Å²) in [7, 11) is -2.85. The van der Waals surface area contributed by atoms with E-state index in [1.807, 2.05) is 44.2 Å².